The fourth-order valence-corrected chi connectivity index (χ4v) is 3.37. The number of carbonyl (C=O) groups is 3. The summed E-state index contributed by atoms with van der Waals surface area (Å²) in [7, 11) is 0. The van der Waals surface area contributed by atoms with Gasteiger partial charge in [-0.15, -0.1) is 0 Å². The van der Waals surface area contributed by atoms with Crippen molar-refractivity contribution in [1.29, 1.82) is 0 Å². The van der Waals surface area contributed by atoms with E-state index in [4.69, 9.17) is 9.15 Å². The van der Waals surface area contributed by atoms with Crippen LogP contribution in [-0.4, -0.2) is 30.3 Å². The maximum atomic E-state index is 12.3. The van der Waals surface area contributed by atoms with Gasteiger partial charge in [0.2, 0.25) is 5.76 Å². The lowest BCUT2D eigenvalue weighted by Gasteiger charge is -2.15. The predicted molar refractivity (Wildman–Crippen MR) is 113 cm³/mol. The first-order chi connectivity index (χ1) is 14.4. The van der Waals surface area contributed by atoms with Gasteiger partial charge in [-0.1, -0.05) is 35.9 Å². The highest BCUT2D eigenvalue weighted by Crippen LogP contribution is 2.23. The number of allylic oxidation sites excluding steroid dienone is 1. The molecule has 1 N–H and O–H groups in total. The van der Waals surface area contributed by atoms with Crippen LogP contribution in [-0.2, 0) is 9.53 Å². The molecule has 158 valence electrons. The van der Waals surface area contributed by atoms with Crippen molar-refractivity contribution in [2.75, 3.05) is 6.54 Å². The number of hydrogen-bond donors (Lipinski definition) is 1. The summed E-state index contributed by atoms with van der Waals surface area (Å²) in [5.41, 5.74) is 2.72. The van der Waals surface area contributed by atoms with Crippen molar-refractivity contribution in [3.05, 3.63) is 59.4 Å². The molecule has 0 fully saturated rings. The van der Waals surface area contributed by atoms with Crippen LogP contribution in [0.3, 0.4) is 0 Å². The van der Waals surface area contributed by atoms with Crippen molar-refractivity contribution in [1.82, 2.24) is 5.32 Å². The Morgan fingerprint density at radius 1 is 1.10 bits per heavy atom. The number of esters is 1. The Labute approximate surface area is 176 Å². The van der Waals surface area contributed by atoms with Gasteiger partial charge in [0.05, 0.1) is 0 Å². The Hall–Kier alpha value is -3.15. The largest absolute Gasteiger partial charge is 0.449 e. The molecular formula is C24H27NO5. The number of rotatable bonds is 8. The molecule has 0 saturated heterocycles. The predicted octanol–water partition coefficient (Wildman–Crippen LogP) is 4.70. The molecule has 2 aromatic rings. The lowest BCUT2D eigenvalue weighted by molar-refractivity contribution is -0.129. The van der Waals surface area contributed by atoms with Crippen LogP contribution in [0.1, 0.15) is 66.9 Å². The number of Topliss-reactive ketones (excluding diaryl/α,β-unsaturated/α-hetero) is 1. The third kappa shape index (κ3) is 5.69. The topological polar surface area (TPSA) is 85.6 Å². The molecule has 6 nitrogen and oxygen atoms in total. The van der Waals surface area contributed by atoms with E-state index >= 15 is 0 Å². The fraction of sp³-hybridized carbons (Fsp3) is 0.375. The molecule has 1 aromatic carbocycles. The average molecular weight is 409 g/mol. The molecule has 0 radical (unpaired) electrons. The number of furan rings is 1. The van der Waals surface area contributed by atoms with Crippen molar-refractivity contribution < 1.29 is 23.5 Å². The van der Waals surface area contributed by atoms with Gasteiger partial charge < -0.3 is 14.5 Å². The first kappa shape index (κ1) is 21.6. The molecule has 0 aliphatic heterocycles. The van der Waals surface area contributed by atoms with Gasteiger partial charge in [-0.3, -0.25) is 9.59 Å². The third-order valence-electron chi connectivity index (χ3n) is 5.17. The molecule has 1 aromatic heterocycles. The van der Waals surface area contributed by atoms with Crippen LogP contribution >= 0.6 is 0 Å². The molecule has 30 heavy (non-hydrogen) atoms. The fourth-order valence-electron chi connectivity index (χ4n) is 3.37. The van der Waals surface area contributed by atoms with Crippen molar-refractivity contribution in [3.63, 3.8) is 0 Å². The number of ketones is 1. The summed E-state index contributed by atoms with van der Waals surface area (Å²) < 4.78 is 10.8. The van der Waals surface area contributed by atoms with Crippen LogP contribution in [0.25, 0.3) is 11.3 Å². The van der Waals surface area contributed by atoms with Crippen molar-refractivity contribution in [2.24, 2.45) is 0 Å². The minimum atomic E-state index is -0.916. The van der Waals surface area contributed by atoms with Gasteiger partial charge in [0, 0.05) is 17.7 Å². The second kappa shape index (κ2) is 10.1. The Morgan fingerprint density at radius 2 is 1.87 bits per heavy atom. The molecule has 1 heterocycles. The average Bonchev–Trinajstić information content (AvgIpc) is 3.25. The molecule has 6 heteroatoms. The van der Waals surface area contributed by atoms with Crippen LogP contribution in [0.2, 0.25) is 0 Å². The molecule has 1 amide bonds. The van der Waals surface area contributed by atoms with E-state index in [-0.39, 0.29) is 17.5 Å². The van der Waals surface area contributed by atoms with E-state index in [1.807, 2.05) is 0 Å². The van der Waals surface area contributed by atoms with Gasteiger partial charge in [0.1, 0.15) is 5.76 Å². The summed E-state index contributed by atoms with van der Waals surface area (Å²) in [6.07, 6.45) is 6.82. The number of nitrogens with one attached hydrogen (secondary N) is 1. The van der Waals surface area contributed by atoms with E-state index in [1.165, 1.54) is 38.3 Å². The van der Waals surface area contributed by atoms with Crippen LogP contribution in [0.5, 0.6) is 0 Å². The Balaban J connectivity index is 1.50. The van der Waals surface area contributed by atoms with E-state index in [0.717, 1.165) is 24.8 Å². The van der Waals surface area contributed by atoms with E-state index in [9.17, 15) is 14.4 Å². The molecular weight excluding hydrogens is 382 g/mol. The SMILES string of the molecule is CC(=O)c1ccc(-c2ccc(C(=O)O[C@H](C)C(=O)NCCC3=CCCCC3)o2)cc1. The Kier molecular flexibility index (Phi) is 7.22. The van der Waals surface area contributed by atoms with E-state index in [2.05, 4.69) is 11.4 Å². The van der Waals surface area contributed by atoms with Gasteiger partial charge in [-0.25, -0.2) is 4.79 Å². The number of carbonyl (C=O) groups excluding carboxylic acids is 3. The lowest BCUT2D eigenvalue weighted by atomic mass is 9.97. The lowest BCUT2D eigenvalue weighted by Crippen LogP contribution is -2.36. The third-order valence-corrected chi connectivity index (χ3v) is 5.17. The van der Waals surface area contributed by atoms with Crippen LogP contribution in [0, 0.1) is 0 Å². The van der Waals surface area contributed by atoms with E-state index < -0.39 is 12.1 Å². The summed E-state index contributed by atoms with van der Waals surface area (Å²) in [6.45, 7) is 3.58. The highest BCUT2D eigenvalue weighted by atomic mass is 16.6. The monoisotopic (exact) mass is 409 g/mol. The highest BCUT2D eigenvalue weighted by molar-refractivity contribution is 5.94. The Bertz CT molecular complexity index is 939. The van der Waals surface area contributed by atoms with E-state index in [0.29, 0.717) is 17.9 Å². The molecule has 0 bridgehead atoms. The summed E-state index contributed by atoms with van der Waals surface area (Å²) in [4.78, 5) is 35.9. The normalized spacial score (nSPS) is 14.5. The minimum absolute atomic E-state index is 0.0204. The summed E-state index contributed by atoms with van der Waals surface area (Å²) in [5, 5.41) is 2.82. The number of amides is 1. The quantitative estimate of drug-likeness (QED) is 0.388. The van der Waals surface area contributed by atoms with Gasteiger partial charge in [0.25, 0.3) is 5.91 Å². The number of hydrogen-bond acceptors (Lipinski definition) is 5. The first-order valence-electron chi connectivity index (χ1n) is 10.3. The second-order valence-electron chi connectivity index (χ2n) is 7.49. The highest BCUT2D eigenvalue weighted by Gasteiger charge is 2.21. The van der Waals surface area contributed by atoms with Gasteiger partial charge in [-0.05, 0) is 58.1 Å². The number of benzene rings is 1. The zero-order chi connectivity index (χ0) is 21.5. The smallest absolute Gasteiger partial charge is 0.375 e. The van der Waals surface area contributed by atoms with Crippen molar-refractivity contribution in [3.8, 4) is 11.3 Å². The molecule has 1 aliphatic carbocycles. The maximum Gasteiger partial charge on any atom is 0.375 e. The maximum absolute atomic E-state index is 12.3. The second-order valence-corrected chi connectivity index (χ2v) is 7.49. The minimum Gasteiger partial charge on any atom is -0.449 e. The molecule has 0 unspecified atom stereocenters. The summed E-state index contributed by atoms with van der Waals surface area (Å²) >= 11 is 0. The molecule has 3 rings (SSSR count). The zero-order valence-electron chi connectivity index (χ0n) is 17.4. The van der Waals surface area contributed by atoms with Crippen molar-refractivity contribution >= 4 is 17.7 Å². The van der Waals surface area contributed by atoms with Gasteiger partial charge in [-0.2, -0.15) is 0 Å². The first-order valence-corrected chi connectivity index (χ1v) is 10.3. The molecule has 0 spiro atoms. The van der Waals surface area contributed by atoms with Crippen LogP contribution in [0.4, 0.5) is 0 Å². The van der Waals surface area contributed by atoms with Gasteiger partial charge in [0.15, 0.2) is 11.9 Å². The molecule has 1 aliphatic rings. The summed E-state index contributed by atoms with van der Waals surface area (Å²) in [5.74, 6) is -0.541. The molecule has 1 atom stereocenters. The summed E-state index contributed by atoms with van der Waals surface area (Å²) in [6, 6.07) is 10.1. The standard InChI is InChI=1S/C24H27NO5/c1-16(26)19-8-10-20(11-9-19)21-12-13-22(30-21)24(28)29-17(2)23(27)25-15-14-18-6-4-3-5-7-18/h6,8-13,17H,3-5,7,14-15H2,1-2H3,(H,25,27)/t17-/m1/s1. The Morgan fingerprint density at radius 3 is 2.53 bits per heavy atom. The van der Waals surface area contributed by atoms with Crippen molar-refractivity contribution in [2.45, 2.75) is 52.1 Å². The number of ether oxygens (including phenoxy) is 1. The zero-order valence-corrected chi connectivity index (χ0v) is 17.4. The van der Waals surface area contributed by atoms with Crippen LogP contribution in [0.15, 0.2) is 52.5 Å². The molecule has 0 saturated carbocycles. The van der Waals surface area contributed by atoms with Crippen LogP contribution < -0.4 is 5.32 Å². The van der Waals surface area contributed by atoms with Gasteiger partial charge >= 0.3 is 5.97 Å². The van der Waals surface area contributed by atoms with E-state index in [1.54, 1.807) is 30.3 Å².